The van der Waals surface area contributed by atoms with Crippen molar-refractivity contribution in [2.24, 2.45) is 0 Å². The van der Waals surface area contributed by atoms with Gasteiger partial charge in [0.25, 0.3) is 5.91 Å². The number of phenols is 1. The minimum atomic E-state index is -0.134. The highest BCUT2D eigenvalue weighted by Crippen LogP contribution is 2.16. The number of hydrogen-bond acceptors (Lipinski definition) is 4. The molecule has 0 radical (unpaired) electrons. The van der Waals surface area contributed by atoms with E-state index in [-0.39, 0.29) is 17.8 Å². The number of aromatic hydroxyl groups is 1. The molecule has 1 aliphatic rings. The lowest BCUT2D eigenvalue weighted by Gasteiger charge is -2.32. The van der Waals surface area contributed by atoms with E-state index < -0.39 is 0 Å². The van der Waals surface area contributed by atoms with Gasteiger partial charge in [-0.1, -0.05) is 6.92 Å². The number of nitrogens with one attached hydrogen (secondary N) is 1. The van der Waals surface area contributed by atoms with Crippen molar-refractivity contribution in [3.05, 3.63) is 29.3 Å². The van der Waals surface area contributed by atoms with E-state index in [4.69, 9.17) is 4.74 Å². The maximum absolute atomic E-state index is 12.0. The first-order chi connectivity index (χ1) is 9.60. The molecular weight excluding hydrogens is 256 g/mol. The van der Waals surface area contributed by atoms with Gasteiger partial charge in [0.05, 0.1) is 12.7 Å². The number of rotatable bonds is 4. The first-order valence-corrected chi connectivity index (χ1v) is 7.02. The highest BCUT2D eigenvalue weighted by molar-refractivity contribution is 5.94. The maximum atomic E-state index is 12.0. The lowest BCUT2D eigenvalue weighted by atomic mass is 10.1. The predicted octanol–water partition coefficient (Wildman–Crippen LogP) is 1.15. The first-order valence-electron chi connectivity index (χ1n) is 7.02. The Morgan fingerprint density at radius 2 is 2.35 bits per heavy atom. The van der Waals surface area contributed by atoms with Crippen LogP contribution in [0.2, 0.25) is 0 Å². The number of hydrogen-bond donors (Lipinski definition) is 2. The maximum Gasteiger partial charge on any atom is 0.251 e. The Kier molecular flexibility index (Phi) is 4.98. The van der Waals surface area contributed by atoms with E-state index in [2.05, 4.69) is 17.1 Å². The third-order valence-corrected chi connectivity index (χ3v) is 3.62. The number of carbonyl (C=O) groups excluding carboxylic acids is 1. The van der Waals surface area contributed by atoms with Gasteiger partial charge in [-0.3, -0.25) is 9.69 Å². The molecule has 0 bridgehead atoms. The lowest BCUT2D eigenvalue weighted by molar-refractivity contribution is -0.0246. The Morgan fingerprint density at radius 3 is 3.05 bits per heavy atom. The molecule has 5 nitrogen and oxygen atoms in total. The van der Waals surface area contributed by atoms with Crippen molar-refractivity contribution in [2.75, 3.05) is 32.8 Å². The Labute approximate surface area is 119 Å². The quantitative estimate of drug-likeness (QED) is 0.867. The molecule has 110 valence electrons. The molecular formula is C15H22N2O3. The number of nitrogens with zero attached hydrogens (tertiary/aromatic N) is 1. The molecule has 1 saturated heterocycles. The van der Waals surface area contributed by atoms with Crippen LogP contribution in [-0.2, 0) is 4.74 Å². The summed E-state index contributed by atoms with van der Waals surface area (Å²) in [7, 11) is 0. The number of likely N-dealkylation sites (N-methyl/N-ethyl adjacent to an activating group) is 1. The average Bonchev–Trinajstić information content (AvgIpc) is 2.47. The van der Waals surface area contributed by atoms with Gasteiger partial charge in [-0.25, -0.2) is 0 Å². The van der Waals surface area contributed by atoms with Crippen molar-refractivity contribution in [1.82, 2.24) is 10.2 Å². The van der Waals surface area contributed by atoms with Gasteiger partial charge in [-0.2, -0.15) is 0 Å². The molecule has 1 atom stereocenters. The van der Waals surface area contributed by atoms with Crippen LogP contribution in [-0.4, -0.2) is 54.8 Å². The Hall–Kier alpha value is -1.59. The van der Waals surface area contributed by atoms with E-state index in [0.29, 0.717) is 24.3 Å². The number of carbonyl (C=O) groups is 1. The minimum absolute atomic E-state index is 0.0471. The predicted molar refractivity (Wildman–Crippen MR) is 77.0 cm³/mol. The number of phenolic OH excluding ortho intramolecular Hbond substituents is 1. The third-order valence-electron chi connectivity index (χ3n) is 3.62. The van der Waals surface area contributed by atoms with Crippen LogP contribution in [0.5, 0.6) is 5.75 Å². The summed E-state index contributed by atoms with van der Waals surface area (Å²) in [4.78, 5) is 14.4. The molecule has 0 aliphatic carbocycles. The molecule has 0 saturated carbocycles. The summed E-state index contributed by atoms with van der Waals surface area (Å²) in [5.41, 5.74) is 1.26. The smallest absolute Gasteiger partial charge is 0.251 e. The molecule has 1 heterocycles. The number of benzene rings is 1. The summed E-state index contributed by atoms with van der Waals surface area (Å²) < 4.78 is 5.64. The fourth-order valence-corrected chi connectivity index (χ4v) is 2.30. The highest BCUT2D eigenvalue weighted by atomic mass is 16.5. The molecule has 1 unspecified atom stereocenters. The summed E-state index contributed by atoms with van der Waals surface area (Å²) in [6, 6.07) is 4.85. The van der Waals surface area contributed by atoms with E-state index in [1.54, 1.807) is 25.1 Å². The fourth-order valence-electron chi connectivity index (χ4n) is 2.30. The molecule has 1 aliphatic heterocycles. The standard InChI is InChI=1S/C15H22N2O3/c1-3-17-6-7-20-13(10-17)9-16-15(19)12-4-5-14(18)11(2)8-12/h4-5,8,13,18H,3,6-7,9-10H2,1-2H3,(H,16,19). The Bertz CT molecular complexity index is 476. The van der Waals surface area contributed by atoms with Gasteiger partial charge in [-0.15, -0.1) is 0 Å². The lowest BCUT2D eigenvalue weighted by Crippen LogP contribution is -2.47. The first kappa shape index (κ1) is 14.8. The Balaban J connectivity index is 1.87. The van der Waals surface area contributed by atoms with E-state index in [1.165, 1.54) is 0 Å². The normalized spacial score (nSPS) is 19.8. The van der Waals surface area contributed by atoms with Gasteiger partial charge in [0.2, 0.25) is 0 Å². The highest BCUT2D eigenvalue weighted by Gasteiger charge is 2.20. The van der Waals surface area contributed by atoms with Crippen LogP contribution >= 0.6 is 0 Å². The molecule has 2 N–H and O–H groups in total. The molecule has 2 rings (SSSR count). The molecule has 5 heteroatoms. The van der Waals surface area contributed by atoms with Gasteiger partial charge in [-0.05, 0) is 37.2 Å². The zero-order chi connectivity index (χ0) is 14.5. The van der Waals surface area contributed by atoms with E-state index in [0.717, 1.165) is 19.6 Å². The van der Waals surface area contributed by atoms with Crippen LogP contribution in [0.25, 0.3) is 0 Å². The van der Waals surface area contributed by atoms with Crippen molar-refractivity contribution in [3.63, 3.8) is 0 Å². The van der Waals surface area contributed by atoms with Gasteiger partial charge in [0, 0.05) is 25.2 Å². The van der Waals surface area contributed by atoms with Crippen LogP contribution in [0, 0.1) is 6.92 Å². The summed E-state index contributed by atoms with van der Waals surface area (Å²) in [6.07, 6.45) is 0.0471. The number of aryl methyl sites for hydroxylation is 1. The third kappa shape index (κ3) is 3.71. The van der Waals surface area contributed by atoms with Crippen molar-refractivity contribution in [1.29, 1.82) is 0 Å². The SMILES string of the molecule is CCN1CCOC(CNC(=O)c2ccc(O)c(C)c2)C1. The molecule has 0 aromatic heterocycles. The second-order valence-electron chi connectivity index (χ2n) is 5.10. The summed E-state index contributed by atoms with van der Waals surface area (Å²) in [6.45, 7) is 7.94. The molecule has 0 spiro atoms. The second kappa shape index (κ2) is 6.72. The number of ether oxygens (including phenoxy) is 1. The second-order valence-corrected chi connectivity index (χ2v) is 5.10. The summed E-state index contributed by atoms with van der Waals surface area (Å²) in [5.74, 6) is 0.0704. The fraction of sp³-hybridized carbons (Fsp3) is 0.533. The van der Waals surface area contributed by atoms with Crippen LogP contribution < -0.4 is 5.32 Å². The van der Waals surface area contributed by atoms with E-state index >= 15 is 0 Å². The van der Waals surface area contributed by atoms with Crippen LogP contribution in [0.4, 0.5) is 0 Å². The number of morpholine rings is 1. The molecule has 1 amide bonds. The van der Waals surface area contributed by atoms with Crippen molar-refractivity contribution < 1.29 is 14.6 Å². The van der Waals surface area contributed by atoms with Crippen molar-refractivity contribution in [2.45, 2.75) is 20.0 Å². The largest absolute Gasteiger partial charge is 0.508 e. The molecule has 20 heavy (non-hydrogen) atoms. The number of amides is 1. The van der Waals surface area contributed by atoms with E-state index in [1.807, 2.05) is 0 Å². The zero-order valence-electron chi connectivity index (χ0n) is 12.1. The van der Waals surface area contributed by atoms with Gasteiger partial charge in [0.15, 0.2) is 0 Å². The van der Waals surface area contributed by atoms with Gasteiger partial charge in [0.1, 0.15) is 5.75 Å². The van der Waals surface area contributed by atoms with Crippen LogP contribution in [0.15, 0.2) is 18.2 Å². The van der Waals surface area contributed by atoms with Crippen LogP contribution in [0.1, 0.15) is 22.8 Å². The summed E-state index contributed by atoms with van der Waals surface area (Å²) >= 11 is 0. The van der Waals surface area contributed by atoms with E-state index in [9.17, 15) is 9.90 Å². The monoisotopic (exact) mass is 278 g/mol. The molecule has 1 aromatic rings. The topological polar surface area (TPSA) is 61.8 Å². The zero-order valence-corrected chi connectivity index (χ0v) is 12.1. The molecule has 1 fully saturated rings. The van der Waals surface area contributed by atoms with Crippen LogP contribution in [0.3, 0.4) is 0 Å². The summed E-state index contributed by atoms with van der Waals surface area (Å²) in [5, 5.41) is 12.3. The van der Waals surface area contributed by atoms with Crippen molar-refractivity contribution in [3.8, 4) is 5.75 Å². The van der Waals surface area contributed by atoms with Crippen molar-refractivity contribution >= 4 is 5.91 Å². The average molecular weight is 278 g/mol. The minimum Gasteiger partial charge on any atom is -0.508 e. The van der Waals surface area contributed by atoms with Gasteiger partial charge >= 0.3 is 0 Å². The molecule has 1 aromatic carbocycles. The van der Waals surface area contributed by atoms with Gasteiger partial charge < -0.3 is 15.2 Å². The Morgan fingerprint density at radius 1 is 1.55 bits per heavy atom.